The van der Waals surface area contributed by atoms with Gasteiger partial charge in [0, 0.05) is 23.2 Å². The van der Waals surface area contributed by atoms with Gasteiger partial charge in [-0.15, -0.1) is 18.3 Å². The van der Waals surface area contributed by atoms with Crippen molar-refractivity contribution in [2.75, 3.05) is 0 Å². The van der Waals surface area contributed by atoms with Crippen LogP contribution in [-0.4, -0.2) is 43.3 Å². The number of hydrogen-bond acceptors (Lipinski definition) is 7. The van der Waals surface area contributed by atoms with Gasteiger partial charge in [0.25, 0.3) is 5.91 Å². The zero-order chi connectivity index (χ0) is 28.0. The van der Waals surface area contributed by atoms with Crippen LogP contribution >= 0.6 is 11.8 Å². The Bertz CT molecular complexity index is 1390. The van der Waals surface area contributed by atoms with E-state index in [1.165, 1.54) is 46.3 Å². The van der Waals surface area contributed by atoms with Crippen molar-refractivity contribution < 1.29 is 22.7 Å². The molecule has 0 fully saturated rings. The molecular formula is C27H27F3N6O2S. The molecule has 12 heteroatoms. The van der Waals surface area contributed by atoms with E-state index in [0.717, 1.165) is 24.2 Å². The van der Waals surface area contributed by atoms with E-state index in [-0.39, 0.29) is 23.2 Å². The number of aromatic nitrogens is 5. The summed E-state index contributed by atoms with van der Waals surface area (Å²) in [5.41, 5.74) is 3.79. The second kappa shape index (κ2) is 12.3. The lowest BCUT2D eigenvalue weighted by atomic mass is 10.1. The molecule has 1 atom stereocenters. The number of alkyl halides is 3. The molecule has 1 amide bonds. The number of nitrogens with one attached hydrogen (secondary N) is 1. The van der Waals surface area contributed by atoms with Crippen LogP contribution in [0.15, 0.2) is 65.8 Å². The average molecular weight is 557 g/mol. The van der Waals surface area contributed by atoms with Crippen LogP contribution in [0.25, 0.3) is 5.69 Å². The molecular weight excluding hydrogens is 529 g/mol. The number of thioether (sulfide) groups is 1. The highest BCUT2D eigenvalue weighted by Crippen LogP contribution is 2.27. The van der Waals surface area contributed by atoms with E-state index < -0.39 is 12.3 Å². The first-order valence-electron chi connectivity index (χ1n) is 12.2. The molecule has 2 aromatic carbocycles. The zero-order valence-electron chi connectivity index (χ0n) is 21.6. The van der Waals surface area contributed by atoms with Gasteiger partial charge in [-0.2, -0.15) is 0 Å². The van der Waals surface area contributed by atoms with Gasteiger partial charge in [0.05, 0.1) is 11.4 Å². The summed E-state index contributed by atoms with van der Waals surface area (Å²) >= 11 is 1.31. The second-order valence-corrected chi connectivity index (χ2v) is 9.90. The Morgan fingerprint density at radius 1 is 1.05 bits per heavy atom. The summed E-state index contributed by atoms with van der Waals surface area (Å²) in [7, 11) is 0. The fourth-order valence-corrected chi connectivity index (χ4v) is 4.83. The fraction of sp³-hybridized carbons (Fsp3) is 0.296. The summed E-state index contributed by atoms with van der Waals surface area (Å²) in [5, 5.41) is 11.8. The van der Waals surface area contributed by atoms with E-state index in [4.69, 9.17) is 0 Å². The molecule has 0 spiro atoms. The Hall–Kier alpha value is -3.93. The van der Waals surface area contributed by atoms with Crippen LogP contribution in [0.2, 0.25) is 0 Å². The third-order valence-electron chi connectivity index (χ3n) is 5.68. The number of ether oxygens (including phenoxy) is 1. The largest absolute Gasteiger partial charge is 0.573 e. The van der Waals surface area contributed by atoms with Crippen LogP contribution in [0.5, 0.6) is 5.75 Å². The number of hydrogen-bond donors (Lipinski definition) is 1. The zero-order valence-corrected chi connectivity index (χ0v) is 22.4. The Morgan fingerprint density at radius 2 is 1.72 bits per heavy atom. The maximum Gasteiger partial charge on any atom is 0.573 e. The van der Waals surface area contributed by atoms with Gasteiger partial charge in [0.2, 0.25) is 0 Å². The van der Waals surface area contributed by atoms with Crippen molar-refractivity contribution in [1.82, 2.24) is 30.3 Å². The van der Waals surface area contributed by atoms with Gasteiger partial charge in [0.15, 0.2) is 10.9 Å². The van der Waals surface area contributed by atoms with E-state index >= 15 is 0 Å². The molecule has 4 aromatic rings. The maximum absolute atomic E-state index is 13.2. The normalized spacial score (nSPS) is 12.3. The number of carbonyl (C=O) groups excluding carboxylic acids is 1. The predicted molar refractivity (Wildman–Crippen MR) is 141 cm³/mol. The predicted octanol–water partition coefficient (Wildman–Crippen LogP) is 5.62. The average Bonchev–Trinajstić information content (AvgIpc) is 3.30. The minimum Gasteiger partial charge on any atom is -0.406 e. The quantitative estimate of drug-likeness (QED) is 0.200. The minimum absolute atomic E-state index is 0.119. The lowest BCUT2D eigenvalue weighted by molar-refractivity contribution is -0.274. The Labute approximate surface area is 228 Å². The third-order valence-corrected chi connectivity index (χ3v) is 6.54. The highest BCUT2D eigenvalue weighted by atomic mass is 32.2. The van der Waals surface area contributed by atoms with E-state index in [1.807, 2.05) is 57.2 Å². The minimum atomic E-state index is -4.80. The van der Waals surface area contributed by atoms with Crippen LogP contribution < -0.4 is 10.1 Å². The lowest BCUT2D eigenvalue weighted by Crippen LogP contribution is -2.33. The molecule has 2 aromatic heterocycles. The molecule has 0 aliphatic heterocycles. The van der Waals surface area contributed by atoms with Gasteiger partial charge < -0.3 is 10.1 Å². The van der Waals surface area contributed by atoms with Gasteiger partial charge in [-0.3, -0.25) is 4.79 Å². The van der Waals surface area contributed by atoms with E-state index in [0.29, 0.717) is 16.5 Å². The van der Waals surface area contributed by atoms with Crippen LogP contribution in [0.3, 0.4) is 0 Å². The molecule has 4 rings (SSSR count). The van der Waals surface area contributed by atoms with Crippen molar-refractivity contribution in [2.45, 2.75) is 56.9 Å². The van der Waals surface area contributed by atoms with Crippen LogP contribution in [-0.2, 0) is 12.2 Å². The molecule has 0 radical (unpaired) electrons. The van der Waals surface area contributed by atoms with Gasteiger partial charge in [-0.05, 0) is 69.5 Å². The summed E-state index contributed by atoms with van der Waals surface area (Å²) < 4.78 is 43.1. The van der Waals surface area contributed by atoms with Crippen molar-refractivity contribution in [3.8, 4) is 11.4 Å². The van der Waals surface area contributed by atoms with Crippen molar-refractivity contribution in [2.24, 2.45) is 0 Å². The van der Waals surface area contributed by atoms with Gasteiger partial charge in [0.1, 0.15) is 5.75 Å². The first-order chi connectivity index (χ1) is 18.6. The summed E-state index contributed by atoms with van der Waals surface area (Å²) in [4.78, 5) is 22.1. The molecule has 8 nitrogen and oxygen atoms in total. The van der Waals surface area contributed by atoms with E-state index in [2.05, 4.69) is 30.3 Å². The van der Waals surface area contributed by atoms with Gasteiger partial charge in [-0.1, -0.05) is 47.3 Å². The summed E-state index contributed by atoms with van der Waals surface area (Å²) in [6, 6.07) is 16.9. The Balaban J connectivity index is 1.56. The van der Waals surface area contributed by atoms with Crippen molar-refractivity contribution in [3.63, 3.8) is 0 Å². The molecule has 0 saturated heterocycles. The first kappa shape index (κ1) is 28.1. The van der Waals surface area contributed by atoms with E-state index in [1.54, 1.807) is 0 Å². The second-order valence-electron chi connectivity index (χ2n) is 8.96. The van der Waals surface area contributed by atoms with Crippen LogP contribution in [0.4, 0.5) is 13.2 Å². The van der Waals surface area contributed by atoms with Gasteiger partial charge in [-0.25, -0.2) is 14.6 Å². The molecule has 0 aliphatic rings. The molecule has 2 heterocycles. The Kier molecular flexibility index (Phi) is 8.85. The highest BCUT2D eigenvalue weighted by molar-refractivity contribution is 7.98. The van der Waals surface area contributed by atoms with Crippen LogP contribution in [0, 0.1) is 13.8 Å². The third kappa shape index (κ3) is 8.03. The standard InChI is InChI=1S/C27H27F3N6O2S/c1-17(9-10-20-7-5-4-6-8-20)31-25(37)24-23(16-39-26-32-18(2)15-19(3)33-26)36(35-34-24)21-11-13-22(14-12-21)38-27(28,29)30/h4-8,11-15,17H,9-10,16H2,1-3H3,(H,31,37). The summed E-state index contributed by atoms with van der Waals surface area (Å²) in [6.07, 6.45) is -3.27. The van der Waals surface area contributed by atoms with Crippen LogP contribution in [0.1, 0.15) is 46.5 Å². The number of aryl methyl sites for hydroxylation is 3. The maximum atomic E-state index is 13.2. The molecule has 204 valence electrons. The number of benzene rings is 2. The number of amides is 1. The topological polar surface area (TPSA) is 94.8 Å². The van der Waals surface area contributed by atoms with Crippen molar-refractivity contribution in [1.29, 1.82) is 0 Å². The highest BCUT2D eigenvalue weighted by Gasteiger charge is 2.31. The van der Waals surface area contributed by atoms with Gasteiger partial charge >= 0.3 is 6.36 Å². The number of carbonyl (C=O) groups is 1. The molecule has 1 unspecified atom stereocenters. The molecule has 39 heavy (non-hydrogen) atoms. The number of rotatable bonds is 10. The smallest absolute Gasteiger partial charge is 0.406 e. The molecule has 0 saturated carbocycles. The number of halogens is 3. The molecule has 0 bridgehead atoms. The SMILES string of the molecule is Cc1cc(C)nc(SCc2c(C(=O)NC(C)CCc3ccccc3)nnn2-c2ccc(OC(F)(F)F)cc2)n1. The lowest BCUT2D eigenvalue weighted by Gasteiger charge is -2.14. The molecule has 1 N–H and O–H groups in total. The van der Waals surface area contributed by atoms with E-state index in [9.17, 15) is 18.0 Å². The number of nitrogens with zero attached hydrogens (tertiary/aromatic N) is 5. The summed E-state index contributed by atoms with van der Waals surface area (Å²) in [6.45, 7) is 5.65. The summed E-state index contributed by atoms with van der Waals surface area (Å²) in [5.74, 6) is -0.510. The monoisotopic (exact) mass is 556 g/mol. The molecule has 0 aliphatic carbocycles. The fourth-order valence-electron chi connectivity index (χ4n) is 3.89. The first-order valence-corrected chi connectivity index (χ1v) is 13.2. The van der Waals surface area contributed by atoms with Crippen molar-refractivity contribution >= 4 is 17.7 Å². The Morgan fingerprint density at radius 3 is 2.36 bits per heavy atom. The van der Waals surface area contributed by atoms with Crippen molar-refractivity contribution in [3.05, 3.63) is 89.0 Å².